The van der Waals surface area contributed by atoms with E-state index < -0.39 is 11.9 Å². The molecule has 0 spiro atoms. The molecule has 1 aliphatic heterocycles. The maximum atomic E-state index is 13.3. The topological polar surface area (TPSA) is 88.1 Å². The number of phenolic OH excluding ortho intramolecular Hbond substituents is 1. The third-order valence-corrected chi connectivity index (χ3v) is 6.53. The normalized spacial score (nSPS) is 14.4. The summed E-state index contributed by atoms with van der Waals surface area (Å²) in [7, 11) is 4.99. The van der Waals surface area contributed by atoms with E-state index in [0.717, 1.165) is 42.6 Å². The van der Waals surface area contributed by atoms with Crippen LogP contribution in [0.2, 0.25) is 0 Å². The summed E-state index contributed by atoms with van der Waals surface area (Å²) in [5.74, 6) is -0.143. The number of methoxy groups -OCH3 is 2. The lowest BCUT2D eigenvalue weighted by molar-refractivity contribution is 0.0602. The van der Waals surface area contributed by atoms with E-state index in [4.69, 9.17) is 9.47 Å². The van der Waals surface area contributed by atoms with Crippen molar-refractivity contribution >= 4 is 17.6 Å². The first kappa shape index (κ1) is 24.3. The number of nitrogens with one attached hydrogen (secondary N) is 1. The molecule has 4 rings (SSSR count). The first-order valence-electron chi connectivity index (χ1n) is 11.6. The highest BCUT2D eigenvalue weighted by Crippen LogP contribution is 2.32. The second kappa shape index (κ2) is 10.6. The maximum absolute atomic E-state index is 13.3. The number of nitrogens with zero attached hydrogens (tertiary/aromatic N) is 1. The van der Waals surface area contributed by atoms with E-state index in [1.165, 1.54) is 7.11 Å². The van der Waals surface area contributed by atoms with Crippen molar-refractivity contribution in [3.8, 4) is 22.6 Å². The molecule has 182 valence electrons. The predicted molar refractivity (Wildman–Crippen MR) is 135 cm³/mol. The van der Waals surface area contributed by atoms with E-state index in [0.29, 0.717) is 17.4 Å². The molecule has 7 heteroatoms. The van der Waals surface area contributed by atoms with Crippen molar-refractivity contribution in [2.24, 2.45) is 0 Å². The zero-order valence-electron chi connectivity index (χ0n) is 20.2. The standard InChI is InChI=1S/C28H30N2O5/c1-30-13-11-18(12-14-30)20-8-10-26(31)24(16-20)27(32)29-25-17-21(7-9-23(25)28(33)35-3)19-5-4-6-22(15-19)34-2/h4-10,15-18,31H,11-14H2,1-3H3,(H,29,32). The Labute approximate surface area is 205 Å². The number of esters is 1. The number of likely N-dealkylation sites (tertiary alicyclic amines) is 1. The highest BCUT2D eigenvalue weighted by molar-refractivity contribution is 6.09. The second-order valence-electron chi connectivity index (χ2n) is 8.79. The zero-order chi connectivity index (χ0) is 24.9. The largest absolute Gasteiger partial charge is 0.507 e. The quantitative estimate of drug-likeness (QED) is 0.493. The van der Waals surface area contributed by atoms with Crippen LogP contribution < -0.4 is 10.1 Å². The van der Waals surface area contributed by atoms with Gasteiger partial charge in [-0.1, -0.05) is 24.3 Å². The summed E-state index contributed by atoms with van der Waals surface area (Å²) in [5.41, 5.74) is 3.37. The minimum Gasteiger partial charge on any atom is -0.507 e. The first-order chi connectivity index (χ1) is 16.9. The van der Waals surface area contributed by atoms with Gasteiger partial charge in [0.15, 0.2) is 0 Å². The van der Waals surface area contributed by atoms with Crippen LogP contribution >= 0.6 is 0 Å². The SMILES string of the molecule is COC(=O)c1ccc(-c2cccc(OC)c2)cc1NC(=O)c1cc(C2CCN(C)CC2)ccc1O. The van der Waals surface area contributed by atoms with Crippen molar-refractivity contribution in [3.63, 3.8) is 0 Å². The molecule has 0 bridgehead atoms. The van der Waals surface area contributed by atoms with Crippen molar-refractivity contribution in [1.29, 1.82) is 0 Å². The van der Waals surface area contributed by atoms with Crippen LogP contribution in [0.15, 0.2) is 60.7 Å². The number of phenols is 1. The summed E-state index contributed by atoms with van der Waals surface area (Å²) in [6.07, 6.45) is 1.99. The van der Waals surface area contributed by atoms with E-state index >= 15 is 0 Å². The average molecular weight is 475 g/mol. The lowest BCUT2D eigenvalue weighted by atomic mass is 9.88. The van der Waals surface area contributed by atoms with Crippen molar-refractivity contribution in [2.45, 2.75) is 18.8 Å². The number of piperidine rings is 1. The molecule has 0 saturated carbocycles. The molecule has 1 saturated heterocycles. The Morgan fingerprint density at radius 1 is 0.943 bits per heavy atom. The summed E-state index contributed by atoms with van der Waals surface area (Å²) >= 11 is 0. The zero-order valence-corrected chi connectivity index (χ0v) is 20.2. The van der Waals surface area contributed by atoms with Gasteiger partial charge in [-0.2, -0.15) is 0 Å². The van der Waals surface area contributed by atoms with Crippen molar-refractivity contribution < 1.29 is 24.2 Å². The third kappa shape index (κ3) is 5.46. The Bertz CT molecular complexity index is 1230. The number of amides is 1. The summed E-state index contributed by atoms with van der Waals surface area (Å²) < 4.78 is 10.2. The van der Waals surface area contributed by atoms with E-state index in [1.807, 2.05) is 30.3 Å². The highest BCUT2D eigenvalue weighted by Gasteiger charge is 2.22. The van der Waals surface area contributed by atoms with Crippen LogP contribution in [-0.2, 0) is 4.74 Å². The van der Waals surface area contributed by atoms with Crippen LogP contribution in [0.4, 0.5) is 5.69 Å². The van der Waals surface area contributed by atoms with Crippen molar-refractivity contribution in [1.82, 2.24) is 4.90 Å². The lowest BCUT2D eigenvalue weighted by Gasteiger charge is -2.29. The van der Waals surface area contributed by atoms with Gasteiger partial charge in [-0.25, -0.2) is 4.79 Å². The van der Waals surface area contributed by atoms with Crippen LogP contribution in [0.25, 0.3) is 11.1 Å². The Balaban J connectivity index is 1.66. The molecule has 3 aromatic carbocycles. The van der Waals surface area contributed by atoms with Gasteiger partial charge >= 0.3 is 5.97 Å². The van der Waals surface area contributed by atoms with Gasteiger partial charge in [-0.3, -0.25) is 4.79 Å². The number of benzene rings is 3. The van der Waals surface area contributed by atoms with Crippen LogP contribution in [0.1, 0.15) is 45.0 Å². The van der Waals surface area contributed by atoms with Gasteiger partial charge in [0, 0.05) is 0 Å². The number of aromatic hydroxyl groups is 1. The van der Waals surface area contributed by atoms with Gasteiger partial charge in [0.05, 0.1) is 31.0 Å². The number of carbonyl (C=O) groups excluding carboxylic acids is 2. The maximum Gasteiger partial charge on any atom is 0.339 e. The molecule has 2 N–H and O–H groups in total. The Hall–Kier alpha value is -3.84. The molecular weight excluding hydrogens is 444 g/mol. The Morgan fingerprint density at radius 2 is 1.69 bits per heavy atom. The van der Waals surface area contributed by atoms with Crippen molar-refractivity contribution in [2.75, 3.05) is 39.7 Å². The molecule has 0 atom stereocenters. The van der Waals surface area contributed by atoms with E-state index in [-0.39, 0.29) is 16.9 Å². The number of anilines is 1. The lowest BCUT2D eigenvalue weighted by Crippen LogP contribution is -2.29. The van der Waals surface area contributed by atoms with Crippen molar-refractivity contribution in [3.05, 3.63) is 77.4 Å². The summed E-state index contributed by atoms with van der Waals surface area (Å²) in [4.78, 5) is 28.0. The van der Waals surface area contributed by atoms with Gasteiger partial charge in [-0.05, 0) is 92.0 Å². The molecule has 3 aromatic rings. The minimum absolute atomic E-state index is 0.109. The van der Waals surface area contributed by atoms with E-state index in [9.17, 15) is 14.7 Å². The van der Waals surface area contributed by atoms with Gasteiger partial charge in [0.1, 0.15) is 11.5 Å². The number of hydrogen-bond acceptors (Lipinski definition) is 6. The van der Waals surface area contributed by atoms with Gasteiger partial charge in [-0.15, -0.1) is 0 Å². The predicted octanol–water partition coefficient (Wildman–Crippen LogP) is 4.92. The molecule has 0 unspecified atom stereocenters. The van der Waals surface area contributed by atoms with E-state index in [1.54, 1.807) is 37.4 Å². The second-order valence-corrected chi connectivity index (χ2v) is 8.79. The van der Waals surface area contributed by atoms with Crippen LogP contribution in [0.5, 0.6) is 11.5 Å². The molecule has 0 aromatic heterocycles. The van der Waals surface area contributed by atoms with Crippen LogP contribution in [-0.4, -0.2) is 56.2 Å². The smallest absolute Gasteiger partial charge is 0.339 e. The number of rotatable bonds is 6. The third-order valence-electron chi connectivity index (χ3n) is 6.53. The number of ether oxygens (including phenoxy) is 2. The Morgan fingerprint density at radius 3 is 2.40 bits per heavy atom. The molecular formula is C28H30N2O5. The highest BCUT2D eigenvalue weighted by atomic mass is 16.5. The van der Waals surface area contributed by atoms with E-state index in [2.05, 4.69) is 17.3 Å². The molecule has 1 heterocycles. The molecule has 0 radical (unpaired) electrons. The molecule has 7 nitrogen and oxygen atoms in total. The molecule has 1 amide bonds. The summed E-state index contributed by atoms with van der Waals surface area (Å²) in [6, 6.07) is 17.8. The molecule has 35 heavy (non-hydrogen) atoms. The van der Waals surface area contributed by atoms with Gasteiger partial charge in [0.2, 0.25) is 0 Å². The molecule has 1 aliphatic rings. The summed E-state index contributed by atoms with van der Waals surface area (Å²) in [6.45, 7) is 1.99. The fourth-order valence-corrected chi connectivity index (χ4v) is 4.44. The summed E-state index contributed by atoms with van der Waals surface area (Å²) in [5, 5.41) is 13.3. The molecule has 1 fully saturated rings. The average Bonchev–Trinajstić information content (AvgIpc) is 2.89. The monoisotopic (exact) mass is 474 g/mol. The molecule has 0 aliphatic carbocycles. The van der Waals surface area contributed by atoms with Crippen LogP contribution in [0, 0.1) is 0 Å². The van der Waals surface area contributed by atoms with Crippen LogP contribution in [0.3, 0.4) is 0 Å². The fraction of sp³-hybridized carbons (Fsp3) is 0.286. The first-order valence-corrected chi connectivity index (χ1v) is 11.6. The number of carbonyl (C=O) groups is 2. The van der Waals surface area contributed by atoms with Gasteiger partial charge in [0.25, 0.3) is 5.91 Å². The fourth-order valence-electron chi connectivity index (χ4n) is 4.44. The number of hydrogen-bond donors (Lipinski definition) is 2. The Kier molecular flexibility index (Phi) is 7.36. The minimum atomic E-state index is -0.568. The van der Waals surface area contributed by atoms with Gasteiger partial charge < -0.3 is 24.8 Å².